The highest BCUT2D eigenvalue weighted by Gasteiger charge is 2.15. The van der Waals surface area contributed by atoms with Crippen LogP contribution in [0.25, 0.3) is 22.5 Å². The van der Waals surface area contributed by atoms with Crippen LogP contribution < -0.4 is 5.32 Å². The van der Waals surface area contributed by atoms with Crippen LogP contribution in [0.2, 0.25) is 5.02 Å². The zero-order valence-corrected chi connectivity index (χ0v) is 14.9. The van der Waals surface area contributed by atoms with Gasteiger partial charge in [-0.25, -0.2) is 4.98 Å². The molecule has 1 amide bonds. The van der Waals surface area contributed by atoms with E-state index in [0.29, 0.717) is 22.2 Å². The van der Waals surface area contributed by atoms with Crippen LogP contribution >= 0.6 is 11.6 Å². The number of benzene rings is 2. The topological polar surface area (TPSA) is 68.0 Å². The van der Waals surface area contributed by atoms with Crippen LogP contribution in [0, 0.1) is 0 Å². The molecule has 0 aliphatic heterocycles. The summed E-state index contributed by atoms with van der Waals surface area (Å²) < 4.78 is 5.25. The summed E-state index contributed by atoms with van der Waals surface area (Å²) in [6.07, 6.45) is 1.71. The van der Waals surface area contributed by atoms with E-state index in [1.54, 1.807) is 30.5 Å². The van der Waals surface area contributed by atoms with E-state index in [1.807, 2.05) is 48.5 Å². The molecule has 132 valence electrons. The first-order valence-electron chi connectivity index (χ1n) is 8.25. The second-order valence-corrected chi connectivity index (χ2v) is 6.22. The first-order valence-corrected chi connectivity index (χ1v) is 8.63. The van der Waals surface area contributed by atoms with Gasteiger partial charge in [0.15, 0.2) is 11.5 Å². The van der Waals surface area contributed by atoms with Gasteiger partial charge in [0.25, 0.3) is 5.91 Å². The van der Waals surface area contributed by atoms with Gasteiger partial charge in [0.1, 0.15) is 5.82 Å². The van der Waals surface area contributed by atoms with Crippen molar-refractivity contribution in [1.82, 2.24) is 10.1 Å². The van der Waals surface area contributed by atoms with Crippen molar-refractivity contribution in [3.63, 3.8) is 0 Å². The van der Waals surface area contributed by atoms with Crippen molar-refractivity contribution >= 4 is 23.3 Å². The molecule has 0 aliphatic rings. The minimum Gasteiger partial charge on any atom is -0.355 e. The Morgan fingerprint density at radius 1 is 0.926 bits per heavy atom. The number of rotatable bonds is 4. The molecule has 0 spiro atoms. The molecule has 27 heavy (non-hydrogen) atoms. The normalized spacial score (nSPS) is 10.6. The van der Waals surface area contributed by atoms with E-state index in [-0.39, 0.29) is 5.69 Å². The lowest BCUT2D eigenvalue weighted by atomic mass is 10.1. The molecule has 1 N–H and O–H groups in total. The van der Waals surface area contributed by atoms with E-state index < -0.39 is 5.91 Å². The Kier molecular flexibility index (Phi) is 4.68. The predicted molar refractivity (Wildman–Crippen MR) is 105 cm³/mol. The van der Waals surface area contributed by atoms with Gasteiger partial charge in [-0.2, -0.15) is 0 Å². The number of amides is 1. The Hall–Kier alpha value is -3.44. The fourth-order valence-corrected chi connectivity index (χ4v) is 2.85. The number of nitrogens with one attached hydrogen (secondary N) is 1. The molecule has 5 nitrogen and oxygen atoms in total. The van der Waals surface area contributed by atoms with E-state index in [2.05, 4.69) is 15.5 Å². The van der Waals surface area contributed by atoms with Crippen molar-refractivity contribution in [2.24, 2.45) is 0 Å². The summed E-state index contributed by atoms with van der Waals surface area (Å²) in [5.74, 6) is 0.456. The maximum Gasteiger partial charge on any atom is 0.279 e. The van der Waals surface area contributed by atoms with Crippen molar-refractivity contribution in [2.75, 3.05) is 5.32 Å². The van der Waals surface area contributed by atoms with Gasteiger partial charge >= 0.3 is 0 Å². The van der Waals surface area contributed by atoms with Gasteiger partial charge in [0.2, 0.25) is 0 Å². The van der Waals surface area contributed by atoms with Gasteiger partial charge in [-0.15, -0.1) is 0 Å². The summed E-state index contributed by atoms with van der Waals surface area (Å²) in [4.78, 5) is 16.7. The molecule has 0 atom stereocenters. The largest absolute Gasteiger partial charge is 0.355 e. The molecule has 6 heteroatoms. The van der Waals surface area contributed by atoms with Crippen molar-refractivity contribution in [1.29, 1.82) is 0 Å². The SMILES string of the molecule is O=C(Nc1ccc(-c2ccccc2)cn1)c1cc(-c2ccccc2Cl)on1. The first-order chi connectivity index (χ1) is 13.2. The molecule has 0 bridgehead atoms. The molecule has 0 aliphatic carbocycles. The van der Waals surface area contributed by atoms with Gasteiger partial charge in [-0.3, -0.25) is 4.79 Å². The second kappa shape index (κ2) is 7.43. The Morgan fingerprint density at radius 3 is 2.44 bits per heavy atom. The summed E-state index contributed by atoms with van der Waals surface area (Å²) >= 11 is 6.14. The standard InChI is InChI=1S/C21H14ClN3O2/c22-17-9-5-4-8-16(17)19-12-18(25-27-19)21(26)24-20-11-10-15(13-23-20)14-6-2-1-3-7-14/h1-13H,(H,23,24,26). The number of nitrogens with zero attached hydrogens (tertiary/aromatic N) is 2. The van der Waals surface area contributed by atoms with Gasteiger partial charge in [-0.05, 0) is 29.8 Å². The maximum atomic E-state index is 12.4. The predicted octanol–water partition coefficient (Wildman–Crippen LogP) is 5.31. The molecule has 2 aromatic heterocycles. The quantitative estimate of drug-likeness (QED) is 0.525. The average molecular weight is 376 g/mol. The zero-order valence-electron chi connectivity index (χ0n) is 14.1. The van der Waals surface area contributed by atoms with E-state index in [9.17, 15) is 4.79 Å². The molecule has 4 aromatic rings. The van der Waals surface area contributed by atoms with Crippen molar-refractivity contribution in [3.8, 4) is 22.5 Å². The summed E-state index contributed by atoms with van der Waals surface area (Å²) in [5, 5.41) is 7.06. The fraction of sp³-hybridized carbons (Fsp3) is 0. The zero-order chi connectivity index (χ0) is 18.6. The lowest BCUT2D eigenvalue weighted by Crippen LogP contribution is -2.13. The highest BCUT2D eigenvalue weighted by molar-refractivity contribution is 6.33. The molecule has 2 heterocycles. The van der Waals surface area contributed by atoms with Crippen LogP contribution in [0.4, 0.5) is 5.82 Å². The minimum atomic E-state index is -0.406. The van der Waals surface area contributed by atoms with E-state index in [1.165, 1.54) is 0 Å². The number of pyridine rings is 1. The van der Waals surface area contributed by atoms with Gasteiger partial charge in [0, 0.05) is 23.4 Å². The molecule has 0 unspecified atom stereocenters. The molecule has 0 fully saturated rings. The number of carbonyl (C=O) groups is 1. The van der Waals surface area contributed by atoms with Crippen molar-refractivity contribution in [3.05, 3.63) is 89.7 Å². The maximum absolute atomic E-state index is 12.4. The lowest BCUT2D eigenvalue weighted by molar-refractivity contribution is 0.101. The molecule has 2 aromatic carbocycles. The van der Waals surface area contributed by atoms with Crippen LogP contribution in [0.3, 0.4) is 0 Å². The van der Waals surface area contributed by atoms with Crippen LogP contribution in [0.15, 0.2) is 83.5 Å². The minimum absolute atomic E-state index is 0.152. The third kappa shape index (κ3) is 3.73. The van der Waals surface area contributed by atoms with Crippen molar-refractivity contribution in [2.45, 2.75) is 0 Å². The first kappa shape index (κ1) is 17.0. The number of halogens is 1. The van der Waals surface area contributed by atoms with Crippen molar-refractivity contribution < 1.29 is 9.32 Å². The molecule has 0 radical (unpaired) electrons. The molecule has 0 saturated carbocycles. The molecule has 4 rings (SSSR count). The van der Waals surface area contributed by atoms with Crippen LogP contribution in [0.1, 0.15) is 10.5 Å². The highest BCUT2D eigenvalue weighted by atomic mass is 35.5. The Morgan fingerprint density at radius 2 is 1.70 bits per heavy atom. The van der Waals surface area contributed by atoms with Gasteiger partial charge < -0.3 is 9.84 Å². The summed E-state index contributed by atoms with van der Waals surface area (Å²) in [7, 11) is 0. The van der Waals surface area contributed by atoms with E-state index in [0.717, 1.165) is 11.1 Å². The number of hydrogen-bond acceptors (Lipinski definition) is 4. The third-order valence-corrected chi connectivity index (χ3v) is 4.32. The van der Waals surface area contributed by atoms with Gasteiger partial charge in [0.05, 0.1) is 5.02 Å². The van der Waals surface area contributed by atoms with E-state index >= 15 is 0 Å². The monoisotopic (exact) mass is 375 g/mol. The molecular weight excluding hydrogens is 362 g/mol. The summed E-state index contributed by atoms with van der Waals surface area (Å²) in [6, 6.07) is 22.3. The smallest absolute Gasteiger partial charge is 0.279 e. The number of hydrogen-bond donors (Lipinski definition) is 1. The Bertz CT molecular complexity index is 1080. The fourth-order valence-electron chi connectivity index (χ4n) is 2.62. The lowest BCUT2D eigenvalue weighted by Gasteiger charge is -2.04. The van der Waals surface area contributed by atoms with Crippen LogP contribution in [-0.4, -0.2) is 16.0 Å². The Balaban J connectivity index is 1.49. The second-order valence-electron chi connectivity index (χ2n) is 5.81. The van der Waals surface area contributed by atoms with Crippen LogP contribution in [0.5, 0.6) is 0 Å². The average Bonchev–Trinajstić information content (AvgIpc) is 3.20. The highest BCUT2D eigenvalue weighted by Crippen LogP contribution is 2.28. The number of aromatic nitrogens is 2. The van der Waals surface area contributed by atoms with E-state index in [4.69, 9.17) is 16.1 Å². The third-order valence-electron chi connectivity index (χ3n) is 3.99. The number of anilines is 1. The summed E-state index contributed by atoms with van der Waals surface area (Å²) in [6.45, 7) is 0. The van der Waals surface area contributed by atoms with Crippen LogP contribution in [-0.2, 0) is 0 Å². The van der Waals surface area contributed by atoms with Gasteiger partial charge in [-0.1, -0.05) is 59.2 Å². The number of carbonyl (C=O) groups excluding carboxylic acids is 1. The molecule has 0 saturated heterocycles. The summed E-state index contributed by atoms with van der Waals surface area (Å²) in [5.41, 5.74) is 2.86. The molecular formula is C21H14ClN3O2. The Labute approximate surface area is 160 Å².